The van der Waals surface area contributed by atoms with E-state index in [-0.39, 0.29) is 29.4 Å². The molecule has 0 aliphatic carbocycles. The van der Waals surface area contributed by atoms with Crippen LogP contribution >= 0.6 is 24.0 Å². The summed E-state index contributed by atoms with van der Waals surface area (Å²) in [6, 6.07) is 8.10. The Hall–Kier alpha value is -2.10. The number of nitrogens with zero attached hydrogens (tertiary/aromatic N) is 3. The fourth-order valence-electron chi connectivity index (χ4n) is 2.81. The second-order valence-corrected chi connectivity index (χ2v) is 7.79. The van der Waals surface area contributed by atoms with Crippen LogP contribution in [0.2, 0.25) is 0 Å². The summed E-state index contributed by atoms with van der Waals surface area (Å²) in [5, 5.41) is 6.62. The highest BCUT2D eigenvalue weighted by Gasteiger charge is 2.19. The van der Waals surface area contributed by atoms with E-state index in [0.29, 0.717) is 12.4 Å². The van der Waals surface area contributed by atoms with Gasteiger partial charge in [0, 0.05) is 24.9 Å². The number of aromatic nitrogens is 3. The van der Waals surface area contributed by atoms with Crippen LogP contribution < -0.4 is 10.6 Å². The molecule has 3 N–H and O–H groups in total. The van der Waals surface area contributed by atoms with E-state index in [4.69, 9.17) is 4.42 Å². The standard InChI is InChI=1S/C21H30N6O.HI/c1-5-22-20(25-14-19-24-13-17(28-19)21(2,3)4)23-12-8-11-18-26-15-9-6-7-10-16(15)27-18;/h6-7,9-10,13H,5,8,11-12,14H2,1-4H3,(H,26,27)(H2,22,23,25);1H. The number of hydrogen-bond donors (Lipinski definition) is 3. The minimum atomic E-state index is -0.0473. The Balaban J connectivity index is 0.00000300. The molecule has 0 atom stereocenters. The zero-order valence-corrected chi connectivity index (χ0v) is 19.9. The number of aliphatic imine (C=N–C) groups is 1. The molecule has 0 radical (unpaired) electrons. The third-order valence-corrected chi connectivity index (χ3v) is 4.33. The first kappa shape index (κ1) is 23.2. The summed E-state index contributed by atoms with van der Waals surface area (Å²) in [6.45, 7) is 10.4. The highest BCUT2D eigenvalue weighted by atomic mass is 127. The highest BCUT2D eigenvalue weighted by molar-refractivity contribution is 14.0. The van der Waals surface area contributed by atoms with Gasteiger partial charge in [-0.3, -0.25) is 0 Å². The number of aromatic amines is 1. The molecule has 0 bridgehead atoms. The molecule has 8 heteroatoms. The van der Waals surface area contributed by atoms with Gasteiger partial charge < -0.3 is 20.0 Å². The SMILES string of the molecule is CCNC(=NCc1ncc(C(C)(C)C)o1)NCCCc1nc2ccccc2[nH]1.I. The number of aryl methyl sites for hydroxylation is 1. The summed E-state index contributed by atoms with van der Waals surface area (Å²) in [6.07, 6.45) is 3.63. The molecule has 0 aliphatic rings. The van der Waals surface area contributed by atoms with Gasteiger partial charge in [0.2, 0.25) is 5.89 Å². The molecule has 29 heavy (non-hydrogen) atoms. The molecule has 0 amide bonds. The monoisotopic (exact) mass is 510 g/mol. The van der Waals surface area contributed by atoms with Gasteiger partial charge >= 0.3 is 0 Å². The average molecular weight is 510 g/mol. The van der Waals surface area contributed by atoms with Crippen molar-refractivity contribution in [2.45, 2.75) is 52.5 Å². The average Bonchev–Trinajstić information content (AvgIpc) is 3.29. The van der Waals surface area contributed by atoms with Gasteiger partial charge in [0.05, 0.1) is 17.2 Å². The van der Waals surface area contributed by atoms with Crippen molar-refractivity contribution in [1.82, 2.24) is 25.6 Å². The topological polar surface area (TPSA) is 91.1 Å². The molecule has 0 spiro atoms. The van der Waals surface area contributed by atoms with Crippen molar-refractivity contribution in [2.24, 2.45) is 4.99 Å². The molecular formula is C21H31IN6O. The lowest BCUT2D eigenvalue weighted by Crippen LogP contribution is -2.37. The normalized spacial score (nSPS) is 12.1. The van der Waals surface area contributed by atoms with E-state index in [1.807, 2.05) is 24.3 Å². The van der Waals surface area contributed by atoms with Gasteiger partial charge in [-0.05, 0) is 25.5 Å². The molecule has 158 valence electrons. The third-order valence-electron chi connectivity index (χ3n) is 4.33. The first-order valence-corrected chi connectivity index (χ1v) is 9.86. The molecule has 0 saturated carbocycles. The summed E-state index contributed by atoms with van der Waals surface area (Å²) in [5.74, 6) is 3.29. The first-order valence-electron chi connectivity index (χ1n) is 9.86. The Morgan fingerprint density at radius 1 is 1.21 bits per heavy atom. The minimum Gasteiger partial charge on any atom is -0.443 e. The molecule has 1 aromatic carbocycles. The van der Waals surface area contributed by atoms with Crippen LogP contribution in [0.1, 0.15) is 51.6 Å². The number of halogens is 1. The van der Waals surface area contributed by atoms with Gasteiger partial charge in [-0.1, -0.05) is 32.9 Å². The summed E-state index contributed by atoms with van der Waals surface area (Å²) < 4.78 is 5.80. The molecule has 0 aliphatic heterocycles. The number of hydrogen-bond acceptors (Lipinski definition) is 4. The summed E-state index contributed by atoms with van der Waals surface area (Å²) in [5.41, 5.74) is 2.05. The van der Waals surface area contributed by atoms with Crippen molar-refractivity contribution in [2.75, 3.05) is 13.1 Å². The fourth-order valence-corrected chi connectivity index (χ4v) is 2.81. The highest BCUT2D eigenvalue weighted by Crippen LogP contribution is 2.22. The number of guanidine groups is 1. The largest absolute Gasteiger partial charge is 0.443 e. The number of imidazole rings is 1. The van der Waals surface area contributed by atoms with Crippen molar-refractivity contribution in [3.63, 3.8) is 0 Å². The molecule has 0 unspecified atom stereocenters. The maximum atomic E-state index is 5.80. The molecule has 0 saturated heterocycles. The molecule has 3 rings (SSSR count). The third kappa shape index (κ3) is 6.73. The quantitative estimate of drug-likeness (QED) is 0.192. The van der Waals surface area contributed by atoms with E-state index in [9.17, 15) is 0 Å². The number of para-hydroxylation sites is 2. The van der Waals surface area contributed by atoms with Gasteiger partial charge in [0.25, 0.3) is 0 Å². The molecule has 2 heterocycles. The Labute approximate surface area is 189 Å². The predicted octanol–water partition coefficient (Wildman–Crippen LogP) is 4.15. The van der Waals surface area contributed by atoms with Gasteiger partial charge in [-0.2, -0.15) is 0 Å². The number of nitrogens with one attached hydrogen (secondary N) is 3. The molecular weight excluding hydrogens is 479 g/mol. The van der Waals surface area contributed by atoms with Crippen molar-refractivity contribution in [3.8, 4) is 0 Å². The van der Waals surface area contributed by atoms with Crippen LogP contribution in [0.3, 0.4) is 0 Å². The number of benzene rings is 1. The van der Waals surface area contributed by atoms with Crippen LogP contribution in [-0.2, 0) is 18.4 Å². The first-order chi connectivity index (χ1) is 13.5. The summed E-state index contributed by atoms with van der Waals surface area (Å²) in [4.78, 5) is 16.9. The summed E-state index contributed by atoms with van der Waals surface area (Å²) >= 11 is 0. The number of H-pyrrole nitrogens is 1. The van der Waals surface area contributed by atoms with Gasteiger partial charge in [-0.25, -0.2) is 15.0 Å². The number of oxazole rings is 1. The van der Waals surface area contributed by atoms with Crippen molar-refractivity contribution in [3.05, 3.63) is 47.9 Å². The predicted molar refractivity (Wildman–Crippen MR) is 128 cm³/mol. The lowest BCUT2D eigenvalue weighted by Gasteiger charge is -2.13. The Bertz CT molecular complexity index is 892. The molecule has 2 aromatic heterocycles. The Morgan fingerprint density at radius 2 is 2.00 bits per heavy atom. The van der Waals surface area contributed by atoms with Crippen LogP contribution in [0.4, 0.5) is 0 Å². The van der Waals surface area contributed by atoms with E-state index in [1.54, 1.807) is 6.20 Å². The maximum absolute atomic E-state index is 5.80. The van der Waals surface area contributed by atoms with E-state index >= 15 is 0 Å². The van der Waals surface area contributed by atoms with E-state index < -0.39 is 0 Å². The number of rotatable bonds is 7. The van der Waals surface area contributed by atoms with Crippen molar-refractivity contribution < 1.29 is 4.42 Å². The second kappa shape index (κ2) is 10.6. The van der Waals surface area contributed by atoms with E-state index in [1.165, 1.54) is 0 Å². The second-order valence-electron chi connectivity index (χ2n) is 7.79. The van der Waals surface area contributed by atoms with Crippen LogP contribution in [0, 0.1) is 0 Å². The zero-order chi connectivity index (χ0) is 20.0. The van der Waals surface area contributed by atoms with Crippen molar-refractivity contribution in [1.29, 1.82) is 0 Å². The van der Waals surface area contributed by atoms with E-state index in [0.717, 1.165) is 54.5 Å². The van der Waals surface area contributed by atoms with Gasteiger partial charge in [0.15, 0.2) is 5.96 Å². The number of fused-ring (bicyclic) bond motifs is 1. The lowest BCUT2D eigenvalue weighted by molar-refractivity contribution is 0.383. The zero-order valence-electron chi connectivity index (χ0n) is 17.6. The van der Waals surface area contributed by atoms with E-state index in [2.05, 4.69) is 58.3 Å². The Morgan fingerprint density at radius 3 is 2.69 bits per heavy atom. The van der Waals surface area contributed by atoms with Crippen LogP contribution in [-0.4, -0.2) is 34.0 Å². The smallest absolute Gasteiger partial charge is 0.216 e. The molecule has 0 fully saturated rings. The molecule has 3 aromatic rings. The fraction of sp³-hybridized carbons (Fsp3) is 0.476. The Kier molecular flexibility index (Phi) is 8.48. The summed E-state index contributed by atoms with van der Waals surface area (Å²) in [7, 11) is 0. The van der Waals surface area contributed by atoms with Gasteiger partial charge in [0.1, 0.15) is 18.1 Å². The van der Waals surface area contributed by atoms with Gasteiger partial charge in [-0.15, -0.1) is 24.0 Å². The minimum absolute atomic E-state index is 0. The van der Waals surface area contributed by atoms with Crippen LogP contribution in [0.5, 0.6) is 0 Å². The van der Waals surface area contributed by atoms with Crippen molar-refractivity contribution >= 4 is 41.0 Å². The molecule has 7 nitrogen and oxygen atoms in total. The lowest BCUT2D eigenvalue weighted by atomic mass is 9.94. The van der Waals surface area contributed by atoms with Crippen LogP contribution in [0.15, 0.2) is 39.9 Å². The van der Waals surface area contributed by atoms with Crippen LogP contribution in [0.25, 0.3) is 11.0 Å². The maximum Gasteiger partial charge on any atom is 0.216 e.